The Bertz CT molecular complexity index is 1470. The number of nitrogens with one attached hydrogen (secondary N) is 2. The van der Waals surface area contributed by atoms with Gasteiger partial charge in [0, 0.05) is 22.4 Å². The summed E-state index contributed by atoms with van der Waals surface area (Å²) in [6.45, 7) is 4.54. The van der Waals surface area contributed by atoms with Crippen LogP contribution in [0.3, 0.4) is 0 Å². The Morgan fingerprint density at radius 2 is 1.68 bits per heavy atom. The number of rotatable bonds is 7. The quantitative estimate of drug-likeness (QED) is 0.330. The van der Waals surface area contributed by atoms with Crippen LogP contribution in [0.2, 0.25) is 10.0 Å². The van der Waals surface area contributed by atoms with Gasteiger partial charge in [-0.2, -0.15) is 0 Å². The van der Waals surface area contributed by atoms with E-state index < -0.39 is 16.1 Å². The maximum Gasteiger partial charge on any atom is 0.261 e. The van der Waals surface area contributed by atoms with Crippen molar-refractivity contribution in [2.24, 2.45) is 0 Å². The SMILES string of the molecule is Cc1cc(Br)cc(C)c1N1CCCC(NC(=O)Cc2ccc(NS(=O)(=O)c3ccc(Cl)c(Cl)c3)cc2)C1=O. The van der Waals surface area contributed by atoms with E-state index in [-0.39, 0.29) is 33.2 Å². The lowest BCUT2D eigenvalue weighted by molar-refractivity contribution is -0.128. The number of aryl methyl sites for hydroxylation is 2. The van der Waals surface area contributed by atoms with Crippen molar-refractivity contribution in [3.8, 4) is 0 Å². The van der Waals surface area contributed by atoms with Crippen LogP contribution in [0.4, 0.5) is 11.4 Å². The molecule has 0 bridgehead atoms. The zero-order chi connectivity index (χ0) is 27.6. The molecule has 1 unspecified atom stereocenters. The van der Waals surface area contributed by atoms with Crippen molar-refractivity contribution in [2.45, 2.75) is 44.0 Å². The summed E-state index contributed by atoms with van der Waals surface area (Å²) < 4.78 is 28.7. The van der Waals surface area contributed by atoms with E-state index in [9.17, 15) is 18.0 Å². The summed E-state index contributed by atoms with van der Waals surface area (Å²) in [5.74, 6) is -0.399. The van der Waals surface area contributed by atoms with Gasteiger partial charge in [0.05, 0.1) is 21.4 Å². The van der Waals surface area contributed by atoms with Gasteiger partial charge in [0.2, 0.25) is 11.8 Å². The Kier molecular flexibility index (Phi) is 8.72. The summed E-state index contributed by atoms with van der Waals surface area (Å²) in [6, 6.07) is 13.9. The minimum Gasteiger partial charge on any atom is -0.344 e. The van der Waals surface area contributed by atoms with Gasteiger partial charge in [0.25, 0.3) is 10.0 Å². The van der Waals surface area contributed by atoms with Crippen LogP contribution in [0.1, 0.15) is 29.5 Å². The molecule has 0 aliphatic carbocycles. The summed E-state index contributed by atoms with van der Waals surface area (Å²) in [5, 5.41) is 3.27. The van der Waals surface area contributed by atoms with Gasteiger partial charge in [-0.15, -0.1) is 0 Å². The lowest BCUT2D eigenvalue weighted by atomic mass is 10.00. The maximum atomic E-state index is 13.3. The molecule has 7 nitrogen and oxygen atoms in total. The van der Waals surface area contributed by atoms with Crippen molar-refractivity contribution < 1.29 is 18.0 Å². The predicted molar refractivity (Wildman–Crippen MR) is 155 cm³/mol. The number of carbonyl (C=O) groups is 2. The largest absolute Gasteiger partial charge is 0.344 e. The van der Waals surface area contributed by atoms with Crippen LogP contribution < -0.4 is 14.9 Å². The fourth-order valence-electron chi connectivity index (χ4n) is 4.54. The maximum absolute atomic E-state index is 13.3. The lowest BCUT2D eigenvalue weighted by Crippen LogP contribution is -2.53. The number of piperidine rings is 1. The molecule has 1 saturated heterocycles. The molecule has 200 valence electrons. The Hall–Kier alpha value is -2.59. The molecule has 1 aliphatic rings. The van der Waals surface area contributed by atoms with Crippen molar-refractivity contribution >= 4 is 72.3 Å². The molecule has 0 aromatic heterocycles. The molecule has 3 aromatic carbocycles. The molecule has 4 rings (SSSR count). The van der Waals surface area contributed by atoms with E-state index in [1.807, 2.05) is 26.0 Å². The summed E-state index contributed by atoms with van der Waals surface area (Å²) >= 11 is 15.3. The Morgan fingerprint density at radius 3 is 2.32 bits per heavy atom. The Labute approximate surface area is 240 Å². The van der Waals surface area contributed by atoms with Gasteiger partial charge < -0.3 is 10.2 Å². The Morgan fingerprint density at radius 1 is 1.03 bits per heavy atom. The zero-order valence-electron chi connectivity index (χ0n) is 20.7. The van der Waals surface area contributed by atoms with E-state index in [1.54, 1.807) is 29.2 Å². The van der Waals surface area contributed by atoms with E-state index in [1.165, 1.54) is 18.2 Å². The second-order valence-electron chi connectivity index (χ2n) is 9.20. The summed E-state index contributed by atoms with van der Waals surface area (Å²) in [5.41, 5.74) is 3.88. The Balaban J connectivity index is 1.38. The zero-order valence-corrected chi connectivity index (χ0v) is 24.6. The topological polar surface area (TPSA) is 95.6 Å². The van der Waals surface area contributed by atoms with Crippen molar-refractivity contribution in [2.75, 3.05) is 16.2 Å². The van der Waals surface area contributed by atoms with Crippen LogP contribution >= 0.6 is 39.1 Å². The molecule has 1 heterocycles. The predicted octanol–water partition coefficient (Wildman–Crippen LogP) is 6.03. The number of sulfonamides is 1. The number of nitrogens with zero attached hydrogens (tertiary/aromatic N) is 1. The fraction of sp³-hybridized carbons (Fsp3) is 0.259. The second kappa shape index (κ2) is 11.7. The van der Waals surface area contributed by atoms with E-state index in [4.69, 9.17) is 23.2 Å². The molecule has 0 saturated carbocycles. The van der Waals surface area contributed by atoms with Crippen molar-refractivity contribution in [3.05, 3.63) is 85.8 Å². The van der Waals surface area contributed by atoms with E-state index in [0.717, 1.165) is 27.7 Å². The van der Waals surface area contributed by atoms with Crippen LogP contribution in [0.5, 0.6) is 0 Å². The van der Waals surface area contributed by atoms with Gasteiger partial charge in [0.1, 0.15) is 6.04 Å². The molecule has 1 fully saturated rings. The first-order chi connectivity index (χ1) is 17.9. The average Bonchev–Trinajstić information content (AvgIpc) is 2.83. The minimum absolute atomic E-state index is 0.0185. The number of halogens is 3. The fourth-order valence-corrected chi connectivity index (χ4v) is 6.67. The first kappa shape index (κ1) is 28.4. The van der Waals surface area contributed by atoms with Gasteiger partial charge in [-0.25, -0.2) is 8.42 Å². The van der Waals surface area contributed by atoms with E-state index in [2.05, 4.69) is 26.0 Å². The average molecular weight is 639 g/mol. The van der Waals surface area contributed by atoms with Crippen LogP contribution in [0.25, 0.3) is 0 Å². The van der Waals surface area contributed by atoms with Crippen molar-refractivity contribution in [1.82, 2.24) is 5.32 Å². The lowest BCUT2D eigenvalue weighted by Gasteiger charge is -2.34. The minimum atomic E-state index is -3.87. The second-order valence-corrected chi connectivity index (χ2v) is 12.6. The van der Waals surface area contributed by atoms with Crippen LogP contribution in [0, 0.1) is 13.8 Å². The number of carbonyl (C=O) groups excluding carboxylic acids is 2. The molecule has 0 radical (unpaired) electrons. The molecular weight excluding hydrogens is 613 g/mol. The highest BCUT2D eigenvalue weighted by Gasteiger charge is 2.32. The molecule has 0 spiro atoms. The van der Waals surface area contributed by atoms with Gasteiger partial charge >= 0.3 is 0 Å². The first-order valence-corrected chi connectivity index (χ1v) is 14.9. The van der Waals surface area contributed by atoms with Gasteiger partial charge in [-0.1, -0.05) is 51.3 Å². The third-order valence-corrected chi connectivity index (χ3v) is 8.85. The number of hydrogen-bond donors (Lipinski definition) is 2. The van der Waals surface area contributed by atoms with Crippen LogP contribution in [0.15, 0.2) is 64.0 Å². The van der Waals surface area contributed by atoms with Gasteiger partial charge in [-0.3, -0.25) is 14.3 Å². The highest BCUT2D eigenvalue weighted by atomic mass is 79.9. The number of amides is 2. The third-order valence-electron chi connectivity index (χ3n) is 6.27. The van der Waals surface area contributed by atoms with Crippen LogP contribution in [-0.2, 0) is 26.0 Å². The molecule has 38 heavy (non-hydrogen) atoms. The highest BCUT2D eigenvalue weighted by Crippen LogP contribution is 2.31. The van der Waals surface area contributed by atoms with Crippen molar-refractivity contribution in [1.29, 1.82) is 0 Å². The standard InChI is InChI=1S/C27H26BrCl2N3O4S/c1-16-12-19(28)13-17(2)26(16)33-11-3-4-24(27(33)35)31-25(34)14-18-5-7-20(8-6-18)32-38(36,37)21-9-10-22(29)23(30)15-21/h5-10,12-13,15,24,32H,3-4,11,14H2,1-2H3,(H,31,34). The molecular formula is C27H26BrCl2N3O4S. The molecule has 1 aliphatic heterocycles. The monoisotopic (exact) mass is 637 g/mol. The van der Waals surface area contributed by atoms with Crippen LogP contribution in [-0.4, -0.2) is 32.8 Å². The summed E-state index contributed by atoms with van der Waals surface area (Å²) in [6.07, 6.45) is 1.41. The van der Waals surface area contributed by atoms with E-state index in [0.29, 0.717) is 24.2 Å². The van der Waals surface area contributed by atoms with Gasteiger partial charge in [0.15, 0.2) is 0 Å². The normalized spacial score (nSPS) is 15.9. The number of anilines is 2. The molecule has 2 N–H and O–H groups in total. The smallest absolute Gasteiger partial charge is 0.261 e. The highest BCUT2D eigenvalue weighted by molar-refractivity contribution is 9.10. The molecule has 3 aromatic rings. The summed E-state index contributed by atoms with van der Waals surface area (Å²) in [7, 11) is -3.87. The molecule has 11 heteroatoms. The van der Waals surface area contributed by atoms with E-state index >= 15 is 0 Å². The summed E-state index contributed by atoms with van der Waals surface area (Å²) in [4.78, 5) is 27.8. The third kappa shape index (κ3) is 6.51. The van der Waals surface area contributed by atoms with Gasteiger partial charge in [-0.05, 0) is 85.8 Å². The van der Waals surface area contributed by atoms with Crippen molar-refractivity contribution in [3.63, 3.8) is 0 Å². The first-order valence-electron chi connectivity index (χ1n) is 11.9. The molecule has 2 amide bonds. The number of hydrogen-bond acceptors (Lipinski definition) is 4. The number of benzene rings is 3. The molecule has 1 atom stereocenters.